The van der Waals surface area contributed by atoms with Crippen molar-refractivity contribution in [3.05, 3.63) is 0 Å². The first-order chi connectivity index (χ1) is 11.6. The number of nitrogens with two attached hydrogens (primary N) is 1. The molecule has 0 aromatic carbocycles. The zero-order chi connectivity index (χ0) is 17.1. The van der Waals surface area contributed by atoms with Gasteiger partial charge in [-0.05, 0) is 56.9 Å². The van der Waals surface area contributed by atoms with Crippen LogP contribution in [-0.4, -0.2) is 41.9 Å². The molecular weight excluding hydrogens is 338 g/mol. The highest BCUT2D eigenvalue weighted by molar-refractivity contribution is 5.89. The summed E-state index contributed by atoms with van der Waals surface area (Å²) in [5.74, 6) is 1.25. The molecule has 3 rings (SSSR count). The molecule has 3 unspecified atom stereocenters. The summed E-state index contributed by atoms with van der Waals surface area (Å²) >= 11 is 0. The molecule has 0 spiro atoms. The maximum absolute atomic E-state index is 12.7. The topological polar surface area (TPSA) is 75.4 Å². The quantitative estimate of drug-likeness (QED) is 0.797. The predicted molar refractivity (Wildman–Crippen MR) is 101 cm³/mol. The molecule has 1 aliphatic heterocycles. The summed E-state index contributed by atoms with van der Waals surface area (Å²) in [5, 5.41) is 3.22. The van der Waals surface area contributed by atoms with Gasteiger partial charge in [-0.2, -0.15) is 0 Å². The van der Waals surface area contributed by atoms with Crippen molar-refractivity contribution in [2.75, 3.05) is 13.1 Å². The number of carbonyl (C=O) groups excluding carboxylic acids is 2. The van der Waals surface area contributed by atoms with Gasteiger partial charge in [-0.3, -0.25) is 9.59 Å². The van der Waals surface area contributed by atoms with Crippen LogP contribution >= 0.6 is 12.4 Å². The zero-order valence-electron chi connectivity index (χ0n) is 15.4. The molecular formula is C19H34ClN3O2. The summed E-state index contributed by atoms with van der Waals surface area (Å²) in [6.07, 6.45) is 9.49. The van der Waals surface area contributed by atoms with Crippen LogP contribution in [0.15, 0.2) is 0 Å². The molecule has 3 atom stereocenters. The maximum atomic E-state index is 12.7. The van der Waals surface area contributed by atoms with Crippen molar-refractivity contribution >= 4 is 24.2 Å². The Balaban J connectivity index is 0.00000225. The van der Waals surface area contributed by atoms with Gasteiger partial charge in [0, 0.05) is 25.0 Å². The summed E-state index contributed by atoms with van der Waals surface area (Å²) < 4.78 is 0. The van der Waals surface area contributed by atoms with E-state index in [-0.39, 0.29) is 36.2 Å². The van der Waals surface area contributed by atoms with Crippen LogP contribution < -0.4 is 11.1 Å². The number of amides is 2. The molecule has 3 N–H and O–H groups in total. The first kappa shape index (κ1) is 20.5. The van der Waals surface area contributed by atoms with Crippen LogP contribution in [0.4, 0.5) is 0 Å². The van der Waals surface area contributed by atoms with Crippen LogP contribution in [0, 0.1) is 17.8 Å². The van der Waals surface area contributed by atoms with E-state index in [1.54, 1.807) is 0 Å². The highest BCUT2D eigenvalue weighted by Crippen LogP contribution is 2.31. The number of hydrogen-bond acceptors (Lipinski definition) is 3. The van der Waals surface area contributed by atoms with Crippen molar-refractivity contribution in [1.82, 2.24) is 10.2 Å². The average Bonchev–Trinajstić information content (AvgIpc) is 2.98. The summed E-state index contributed by atoms with van der Waals surface area (Å²) in [6, 6.07) is 0.564. The van der Waals surface area contributed by atoms with Crippen molar-refractivity contribution in [1.29, 1.82) is 0 Å². The molecule has 1 heterocycles. The number of carbonyl (C=O) groups is 2. The van der Waals surface area contributed by atoms with E-state index in [0.717, 1.165) is 38.0 Å². The molecule has 2 saturated carbocycles. The summed E-state index contributed by atoms with van der Waals surface area (Å²) in [4.78, 5) is 27.1. The van der Waals surface area contributed by atoms with Gasteiger partial charge in [-0.25, -0.2) is 0 Å². The number of nitrogens with zero attached hydrogens (tertiary/aromatic N) is 1. The Bertz CT molecular complexity index is 466. The Morgan fingerprint density at radius 1 is 1.16 bits per heavy atom. The third-order valence-corrected chi connectivity index (χ3v) is 6.49. The second-order valence-electron chi connectivity index (χ2n) is 8.26. The van der Waals surface area contributed by atoms with Gasteiger partial charge < -0.3 is 16.0 Å². The van der Waals surface area contributed by atoms with Crippen molar-refractivity contribution in [2.45, 2.75) is 76.8 Å². The van der Waals surface area contributed by atoms with E-state index in [0.29, 0.717) is 31.5 Å². The first-order valence-corrected chi connectivity index (χ1v) is 9.88. The Kier molecular flexibility index (Phi) is 7.56. The van der Waals surface area contributed by atoms with E-state index in [2.05, 4.69) is 12.2 Å². The van der Waals surface area contributed by atoms with E-state index in [9.17, 15) is 9.59 Å². The Morgan fingerprint density at radius 2 is 1.84 bits per heavy atom. The average molecular weight is 372 g/mol. The Morgan fingerprint density at radius 3 is 2.52 bits per heavy atom. The minimum absolute atomic E-state index is 0. The van der Waals surface area contributed by atoms with Crippen molar-refractivity contribution in [3.63, 3.8) is 0 Å². The highest BCUT2D eigenvalue weighted by atomic mass is 35.5. The lowest BCUT2D eigenvalue weighted by Crippen LogP contribution is -2.47. The second-order valence-corrected chi connectivity index (χ2v) is 8.26. The lowest BCUT2D eigenvalue weighted by Gasteiger charge is -2.34. The number of hydrogen-bond donors (Lipinski definition) is 2. The number of halogens is 1. The molecule has 3 fully saturated rings. The normalized spacial score (nSPS) is 36.0. The van der Waals surface area contributed by atoms with Crippen molar-refractivity contribution < 1.29 is 9.59 Å². The SMILES string of the molecule is CC1CCC(N2CC(C(=O)NC3CCCCC3CN)CC2=O)CC1.Cl. The molecule has 0 bridgehead atoms. The van der Waals surface area contributed by atoms with E-state index in [1.807, 2.05) is 4.90 Å². The maximum Gasteiger partial charge on any atom is 0.225 e. The Labute approximate surface area is 157 Å². The van der Waals surface area contributed by atoms with E-state index < -0.39 is 0 Å². The van der Waals surface area contributed by atoms with Gasteiger partial charge in [-0.15, -0.1) is 12.4 Å². The summed E-state index contributed by atoms with van der Waals surface area (Å²) in [5.41, 5.74) is 5.86. The van der Waals surface area contributed by atoms with Gasteiger partial charge in [-0.1, -0.05) is 19.8 Å². The van der Waals surface area contributed by atoms with Crippen molar-refractivity contribution in [2.24, 2.45) is 23.5 Å². The lowest BCUT2D eigenvalue weighted by atomic mass is 9.84. The van der Waals surface area contributed by atoms with Gasteiger partial charge in [0.2, 0.25) is 11.8 Å². The molecule has 1 saturated heterocycles. The van der Waals surface area contributed by atoms with Crippen LogP contribution in [0.25, 0.3) is 0 Å². The molecule has 2 aliphatic carbocycles. The molecule has 25 heavy (non-hydrogen) atoms. The fraction of sp³-hybridized carbons (Fsp3) is 0.895. The summed E-state index contributed by atoms with van der Waals surface area (Å²) in [7, 11) is 0. The van der Waals surface area contributed by atoms with Gasteiger partial charge in [0.15, 0.2) is 0 Å². The molecule has 2 amide bonds. The predicted octanol–water partition coefficient (Wildman–Crippen LogP) is 2.47. The van der Waals surface area contributed by atoms with Gasteiger partial charge in [0.25, 0.3) is 0 Å². The smallest absolute Gasteiger partial charge is 0.225 e. The number of rotatable bonds is 4. The molecule has 0 aromatic rings. The largest absolute Gasteiger partial charge is 0.353 e. The minimum Gasteiger partial charge on any atom is -0.353 e. The van der Waals surface area contributed by atoms with Gasteiger partial charge in [0.1, 0.15) is 0 Å². The number of nitrogens with one attached hydrogen (secondary N) is 1. The lowest BCUT2D eigenvalue weighted by molar-refractivity contribution is -0.131. The van der Waals surface area contributed by atoms with E-state index in [1.165, 1.54) is 19.3 Å². The van der Waals surface area contributed by atoms with Gasteiger partial charge >= 0.3 is 0 Å². The monoisotopic (exact) mass is 371 g/mol. The number of likely N-dealkylation sites (tertiary alicyclic amines) is 1. The third-order valence-electron chi connectivity index (χ3n) is 6.49. The highest BCUT2D eigenvalue weighted by Gasteiger charge is 2.39. The van der Waals surface area contributed by atoms with E-state index >= 15 is 0 Å². The van der Waals surface area contributed by atoms with Crippen LogP contribution in [-0.2, 0) is 9.59 Å². The Hall–Kier alpha value is -0.810. The van der Waals surface area contributed by atoms with Crippen molar-refractivity contribution in [3.8, 4) is 0 Å². The molecule has 0 aromatic heterocycles. The van der Waals surface area contributed by atoms with Crippen LogP contribution in [0.3, 0.4) is 0 Å². The standard InChI is InChI=1S/C19H33N3O2.ClH/c1-13-6-8-16(9-7-13)22-12-15(10-18(22)23)19(24)21-17-5-3-2-4-14(17)11-20;/h13-17H,2-12,20H2,1H3,(H,21,24);1H. The van der Waals surface area contributed by atoms with Gasteiger partial charge in [0.05, 0.1) is 5.92 Å². The third kappa shape index (κ3) is 4.88. The first-order valence-electron chi connectivity index (χ1n) is 9.88. The van der Waals surface area contributed by atoms with Crippen LogP contribution in [0.1, 0.15) is 64.7 Å². The molecule has 144 valence electrons. The van der Waals surface area contributed by atoms with Crippen LogP contribution in [0.2, 0.25) is 0 Å². The second kappa shape index (κ2) is 9.22. The molecule has 3 aliphatic rings. The fourth-order valence-corrected chi connectivity index (χ4v) is 4.79. The molecule has 6 heteroatoms. The molecule has 5 nitrogen and oxygen atoms in total. The van der Waals surface area contributed by atoms with Crippen LogP contribution in [0.5, 0.6) is 0 Å². The minimum atomic E-state index is -0.169. The fourth-order valence-electron chi connectivity index (χ4n) is 4.79. The molecule has 0 radical (unpaired) electrons. The van der Waals surface area contributed by atoms with E-state index in [4.69, 9.17) is 5.73 Å². The summed E-state index contributed by atoms with van der Waals surface area (Å²) in [6.45, 7) is 3.54. The zero-order valence-corrected chi connectivity index (χ0v) is 16.2.